The fourth-order valence-corrected chi connectivity index (χ4v) is 3.10. The van der Waals surface area contributed by atoms with Gasteiger partial charge in [0, 0.05) is 11.8 Å². The molecule has 4 rings (SSSR count). The van der Waals surface area contributed by atoms with Crippen molar-refractivity contribution >= 4 is 21.6 Å². The first-order valence-corrected chi connectivity index (χ1v) is 8.36. The quantitative estimate of drug-likeness (QED) is 0.525. The third-order valence-corrected chi connectivity index (χ3v) is 4.27. The second-order valence-electron chi connectivity index (χ2n) is 5.10. The number of hydrogen-bond acceptors (Lipinski definition) is 7. The number of aromatic nitrogens is 4. The zero-order valence-electron chi connectivity index (χ0n) is 13.2. The van der Waals surface area contributed by atoms with E-state index in [4.69, 9.17) is 9.15 Å². The highest BCUT2D eigenvalue weighted by Gasteiger charge is 2.23. The Labute approximate surface area is 147 Å². The summed E-state index contributed by atoms with van der Waals surface area (Å²) in [6.07, 6.45) is 2.34. The lowest BCUT2D eigenvalue weighted by Gasteiger charge is -2.15. The summed E-state index contributed by atoms with van der Waals surface area (Å²) in [6, 6.07) is 9.41. The Morgan fingerprint density at radius 2 is 2.16 bits per heavy atom. The summed E-state index contributed by atoms with van der Waals surface area (Å²) in [4.78, 5) is 8.67. The summed E-state index contributed by atoms with van der Waals surface area (Å²) in [5.74, 6) is 6.90. The average Bonchev–Trinajstić information content (AvgIpc) is 3.31. The number of thiazole rings is 1. The fraction of sp³-hybridized carbons (Fsp3) is 0.111. The Hall–Kier alpha value is -3.24. The molecule has 0 radical (unpaired) electrons. The van der Waals surface area contributed by atoms with Crippen LogP contribution in [0.4, 0.5) is 0 Å². The van der Waals surface area contributed by atoms with E-state index in [0.717, 1.165) is 15.8 Å². The van der Waals surface area contributed by atoms with E-state index in [1.54, 1.807) is 30.0 Å². The van der Waals surface area contributed by atoms with Crippen molar-refractivity contribution in [3.05, 3.63) is 65.6 Å². The van der Waals surface area contributed by atoms with E-state index in [1.807, 2.05) is 30.3 Å². The highest BCUT2D eigenvalue weighted by Crippen LogP contribution is 2.29. The zero-order valence-corrected chi connectivity index (χ0v) is 14.0. The van der Waals surface area contributed by atoms with E-state index in [2.05, 4.69) is 32.0 Å². The van der Waals surface area contributed by atoms with Crippen molar-refractivity contribution in [2.24, 2.45) is 0 Å². The normalized spacial score (nSPS) is 11.7. The van der Waals surface area contributed by atoms with Crippen LogP contribution in [-0.4, -0.2) is 20.2 Å². The van der Waals surface area contributed by atoms with Gasteiger partial charge in [-0.05, 0) is 37.3 Å². The Morgan fingerprint density at radius 3 is 3.00 bits per heavy atom. The van der Waals surface area contributed by atoms with E-state index >= 15 is 0 Å². The number of nitrogens with zero attached hydrogens (tertiary/aromatic N) is 4. The molecule has 0 aliphatic rings. The summed E-state index contributed by atoms with van der Waals surface area (Å²) in [6.45, 7) is 1.79. The van der Waals surface area contributed by atoms with Crippen LogP contribution in [-0.2, 0) is 0 Å². The Balaban J connectivity index is 1.73. The fourth-order valence-electron chi connectivity index (χ4n) is 2.39. The van der Waals surface area contributed by atoms with Gasteiger partial charge >= 0.3 is 0 Å². The molecule has 0 fully saturated rings. The SMILES string of the molecule is CC#Cc1ccnc(C(Oc2ccc3ncsc3c2)c2nnco2)c1. The lowest BCUT2D eigenvalue weighted by molar-refractivity contribution is 0.203. The van der Waals surface area contributed by atoms with Crippen molar-refractivity contribution in [1.29, 1.82) is 0 Å². The van der Waals surface area contributed by atoms with Crippen LogP contribution >= 0.6 is 11.3 Å². The van der Waals surface area contributed by atoms with Gasteiger partial charge in [-0.15, -0.1) is 27.5 Å². The molecule has 0 amide bonds. The number of ether oxygens (including phenoxy) is 1. The minimum atomic E-state index is -0.619. The van der Waals surface area contributed by atoms with Gasteiger partial charge in [0.1, 0.15) is 5.75 Å². The number of rotatable bonds is 4. The summed E-state index contributed by atoms with van der Waals surface area (Å²) in [5, 5.41) is 7.74. The standard InChI is InChI=1S/C18H12N4O2S/c1-2-3-12-6-7-19-15(8-12)17(18-22-21-10-23-18)24-13-4-5-14-16(9-13)25-11-20-14/h4-11,17H,1H3. The van der Waals surface area contributed by atoms with E-state index in [9.17, 15) is 0 Å². The molecule has 122 valence electrons. The first-order chi connectivity index (χ1) is 12.3. The predicted octanol–water partition coefficient (Wildman–Crippen LogP) is 3.61. The molecule has 0 N–H and O–H groups in total. The van der Waals surface area contributed by atoms with Gasteiger partial charge in [-0.25, -0.2) is 4.98 Å². The molecule has 1 atom stereocenters. The molecule has 0 spiro atoms. The smallest absolute Gasteiger partial charge is 0.263 e. The van der Waals surface area contributed by atoms with Crippen LogP contribution in [0.1, 0.15) is 30.2 Å². The number of fused-ring (bicyclic) bond motifs is 1. The minimum Gasteiger partial charge on any atom is -0.474 e. The third kappa shape index (κ3) is 3.20. The van der Waals surface area contributed by atoms with Crippen molar-refractivity contribution in [3.63, 3.8) is 0 Å². The van der Waals surface area contributed by atoms with E-state index in [0.29, 0.717) is 17.3 Å². The number of pyridine rings is 1. The molecular weight excluding hydrogens is 336 g/mol. The summed E-state index contributed by atoms with van der Waals surface area (Å²) < 4.78 is 12.5. The molecule has 0 saturated heterocycles. The van der Waals surface area contributed by atoms with Gasteiger partial charge in [0.2, 0.25) is 12.5 Å². The van der Waals surface area contributed by atoms with Crippen molar-refractivity contribution < 1.29 is 9.15 Å². The van der Waals surface area contributed by atoms with Gasteiger partial charge in [-0.3, -0.25) is 4.98 Å². The monoisotopic (exact) mass is 348 g/mol. The minimum absolute atomic E-state index is 0.332. The second kappa shape index (κ2) is 6.71. The summed E-state index contributed by atoms with van der Waals surface area (Å²) in [5.41, 5.74) is 4.23. The average molecular weight is 348 g/mol. The Morgan fingerprint density at radius 1 is 1.20 bits per heavy atom. The molecule has 7 heteroatoms. The van der Waals surface area contributed by atoms with E-state index in [1.165, 1.54) is 6.39 Å². The van der Waals surface area contributed by atoms with Crippen LogP contribution in [0.3, 0.4) is 0 Å². The molecule has 0 aliphatic carbocycles. The molecule has 0 bridgehead atoms. The molecule has 4 aromatic rings. The lowest BCUT2D eigenvalue weighted by Crippen LogP contribution is -2.12. The van der Waals surface area contributed by atoms with Crippen molar-refractivity contribution in [2.45, 2.75) is 13.0 Å². The lowest BCUT2D eigenvalue weighted by atomic mass is 10.1. The topological polar surface area (TPSA) is 73.9 Å². The van der Waals surface area contributed by atoms with Crippen LogP contribution in [0.2, 0.25) is 0 Å². The highest BCUT2D eigenvalue weighted by molar-refractivity contribution is 7.16. The van der Waals surface area contributed by atoms with Crippen molar-refractivity contribution in [3.8, 4) is 17.6 Å². The molecule has 0 aliphatic heterocycles. The van der Waals surface area contributed by atoms with Gasteiger partial charge < -0.3 is 9.15 Å². The number of hydrogen-bond donors (Lipinski definition) is 0. The van der Waals surface area contributed by atoms with Crippen LogP contribution in [0.25, 0.3) is 10.2 Å². The van der Waals surface area contributed by atoms with Gasteiger partial charge in [-0.1, -0.05) is 5.92 Å². The van der Waals surface area contributed by atoms with Crippen LogP contribution < -0.4 is 4.74 Å². The highest BCUT2D eigenvalue weighted by atomic mass is 32.1. The van der Waals surface area contributed by atoms with Crippen molar-refractivity contribution in [2.75, 3.05) is 0 Å². The molecule has 25 heavy (non-hydrogen) atoms. The number of benzene rings is 1. The first-order valence-electron chi connectivity index (χ1n) is 7.48. The van der Waals surface area contributed by atoms with Gasteiger partial charge in [0.25, 0.3) is 5.89 Å². The van der Waals surface area contributed by atoms with Gasteiger partial charge in [-0.2, -0.15) is 0 Å². The van der Waals surface area contributed by atoms with Crippen LogP contribution in [0, 0.1) is 11.8 Å². The van der Waals surface area contributed by atoms with Crippen LogP contribution in [0.15, 0.2) is 52.9 Å². The van der Waals surface area contributed by atoms with E-state index in [-0.39, 0.29) is 0 Å². The first kappa shape index (κ1) is 15.3. The Bertz CT molecular complexity index is 1060. The maximum absolute atomic E-state index is 6.13. The summed E-state index contributed by atoms with van der Waals surface area (Å²) in [7, 11) is 0. The molecule has 6 nitrogen and oxygen atoms in total. The second-order valence-corrected chi connectivity index (χ2v) is 5.99. The maximum Gasteiger partial charge on any atom is 0.263 e. The Kier molecular flexibility index (Phi) is 4.11. The molecule has 3 aromatic heterocycles. The van der Waals surface area contributed by atoms with Crippen molar-refractivity contribution in [1.82, 2.24) is 20.2 Å². The molecular formula is C18H12N4O2S. The molecule has 0 saturated carbocycles. The predicted molar refractivity (Wildman–Crippen MR) is 93.2 cm³/mol. The zero-order chi connectivity index (χ0) is 17.1. The van der Waals surface area contributed by atoms with Gasteiger partial charge in [0.05, 0.1) is 21.4 Å². The third-order valence-electron chi connectivity index (χ3n) is 3.48. The van der Waals surface area contributed by atoms with Crippen LogP contribution in [0.5, 0.6) is 5.75 Å². The molecule has 1 unspecified atom stereocenters. The largest absolute Gasteiger partial charge is 0.474 e. The molecule has 1 aromatic carbocycles. The molecule has 3 heterocycles. The van der Waals surface area contributed by atoms with Gasteiger partial charge in [0.15, 0.2) is 0 Å². The summed E-state index contributed by atoms with van der Waals surface area (Å²) >= 11 is 1.55. The maximum atomic E-state index is 6.13. The van der Waals surface area contributed by atoms with E-state index < -0.39 is 6.10 Å².